The average molecular weight is 444 g/mol. The first kappa shape index (κ1) is 23.0. The molecule has 1 heterocycles. The first-order chi connectivity index (χ1) is 16.1. The molecule has 0 saturated carbocycles. The quantitative estimate of drug-likeness (QED) is 0.603. The van der Waals surface area contributed by atoms with Gasteiger partial charge in [0.05, 0.1) is 6.04 Å². The zero-order valence-electron chi connectivity index (χ0n) is 19.6. The Morgan fingerprint density at radius 1 is 0.909 bits per heavy atom. The summed E-state index contributed by atoms with van der Waals surface area (Å²) in [5.74, 6) is -0.0112. The van der Waals surface area contributed by atoms with Gasteiger partial charge in [0.1, 0.15) is 0 Å². The zero-order valence-corrected chi connectivity index (χ0v) is 19.6. The number of piperidine rings is 1. The molecule has 2 N–H and O–H groups in total. The molecule has 0 bridgehead atoms. The lowest BCUT2D eigenvalue weighted by molar-refractivity contribution is -0.127. The predicted octanol–water partition coefficient (Wildman–Crippen LogP) is 4.10. The van der Waals surface area contributed by atoms with Crippen LogP contribution in [0.3, 0.4) is 0 Å². The van der Waals surface area contributed by atoms with Gasteiger partial charge in [0, 0.05) is 33.1 Å². The van der Waals surface area contributed by atoms with Crippen LogP contribution in [-0.4, -0.2) is 48.9 Å². The van der Waals surface area contributed by atoms with Crippen LogP contribution in [0.5, 0.6) is 0 Å². The highest BCUT2D eigenvalue weighted by atomic mass is 16.2. The van der Waals surface area contributed by atoms with Crippen LogP contribution in [-0.2, 0) is 9.59 Å². The first-order valence-electron chi connectivity index (χ1n) is 11.9. The molecule has 33 heavy (non-hydrogen) atoms. The summed E-state index contributed by atoms with van der Waals surface area (Å²) in [5.41, 5.74) is 7.86. The molecule has 2 aliphatic rings. The van der Waals surface area contributed by atoms with Gasteiger partial charge < -0.3 is 10.6 Å². The molecule has 2 aromatic carbocycles. The number of likely N-dealkylation sites (tertiary alicyclic amines) is 1. The number of rotatable bonds is 6. The molecule has 2 aromatic rings. The molecule has 5 heteroatoms. The fourth-order valence-electron chi connectivity index (χ4n) is 4.96. The maximum atomic E-state index is 12.8. The molecule has 0 aromatic heterocycles. The predicted molar refractivity (Wildman–Crippen MR) is 134 cm³/mol. The fourth-order valence-corrected chi connectivity index (χ4v) is 4.96. The summed E-state index contributed by atoms with van der Waals surface area (Å²) in [4.78, 5) is 26.4. The Hall–Kier alpha value is -3.18. The van der Waals surface area contributed by atoms with Crippen molar-refractivity contribution in [3.63, 3.8) is 0 Å². The normalized spacial score (nSPS) is 16.4. The molecule has 0 radical (unpaired) electrons. The summed E-state index contributed by atoms with van der Waals surface area (Å²) >= 11 is 0. The number of carbonyl (C=O) groups excluding carboxylic acids is 2. The van der Waals surface area contributed by atoms with Crippen molar-refractivity contribution in [2.24, 2.45) is 0 Å². The summed E-state index contributed by atoms with van der Waals surface area (Å²) in [6.45, 7) is 6.23. The van der Waals surface area contributed by atoms with Crippen LogP contribution < -0.4 is 10.6 Å². The van der Waals surface area contributed by atoms with E-state index >= 15 is 0 Å². The molecule has 1 aliphatic heterocycles. The highest BCUT2D eigenvalue weighted by Crippen LogP contribution is 2.38. The number of nitrogens with one attached hydrogen (secondary N) is 2. The lowest BCUT2D eigenvalue weighted by Gasteiger charge is -2.35. The van der Waals surface area contributed by atoms with Crippen molar-refractivity contribution < 1.29 is 9.59 Å². The molecule has 0 spiro atoms. The van der Waals surface area contributed by atoms with Crippen LogP contribution in [0.4, 0.5) is 0 Å². The van der Waals surface area contributed by atoms with E-state index in [1.807, 2.05) is 6.92 Å². The fraction of sp³-hybridized carbons (Fsp3) is 0.357. The third kappa shape index (κ3) is 5.25. The van der Waals surface area contributed by atoms with E-state index in [-0.39, 0.29) is 17.9 Å². The van der Waals surface area contributed by atoms with Crippen molar-refractivity contribution in [2.45, 2.75) is 39.2 Å². The number of benzene rings is 2. The van der Waals surface area contributed by atoms with E-state index in [0.717, 1.165) is 25.9 Å². The van der Waals surface area contributed by atoms with Crippen LogP contribution >= 0.6 is 0 Å². The summed E-state index contributed by atoms with van der Waals surface area (Å²) in [6, 6.07) is 17.0. The van der Waals surface area contributed by atoms with Crippen molar-refractivity contribution in [2.75, 3.05) is 26.2 Å². The van der Waals surface area contributed by atoms with Crippen molar-refractivity contribution in [1.82, 2.24) is 15.5 Å². The number of hydrogen-bond donors (Lipinski definition) is 2. The molecular formula is C28H33N3O2. The summed E-state index contributed by atoms with van der Waals surface area (Å²) in [7, 11) is 0. The van der Waals surface area contributed by atoms with Gasteiger partial charge in [-0.05, 0) is 54.0 Å². The maximum absolute atomic E-state index is 12.8. The number of carbonyl (C=O) groups is 2. The van der Waals surface area contributed by atoms with Crippen LogP contribution in [0.15, 0.2) is 54.1 Å². The van der Waals surface area contributed by atoms with E-state index in [0.29, 0.717) is 19.5 Å². The molecular weight excluding hydrogens is 410 g/mol. The third-order valence-corrected chi connectivity index (χ3v) is 6.54. The largest absolute Gasteiger partial charge is 0.356 e. The minimum Gasteiger partial charge on any atom is -0.356 e. The summed E-state index contributed by atoms with van der Waals surface area (Å²) in [6.07, 6.45) is 6.89. The molecule has 5 nitrogen and oxygen atoms in total. The second-order valence-corrected chi connectivity index (χ2v) is 8.70. The van der Waals surface area contributed by atoms with Gasteiger partial charge in [-0.15, -0.1) is 0 Å². The number of likely N-dealkylation sites (N-methyl/N-ethyl adjacent to an activating group) is 1. The molecule has 1 unspecified atom stereocenters. The number of fused-ring (bicyclic) bond motifs is 2. The van der Waals surface area contributed by atoms with Crippen LogP contribution in [0.2, 0.25) is 0 Å². The summed E-state index contributed by atoms with van der Waals surface area (Å²) < 4.78 is 0. The Bertz CT molecular complexity index is 1020. The number of amides is 2. The lowest BCUT2D eigenvalue weighted by Crippen LogP contribution is -2.50. The van der Waals surface area contributed by atoms with E-state index < -0.39 is 0 Å². The van der Waals surface area contributed by atoms with Gasteiger partial charge in [0.2, 0.25) is 11.8 Å². The van der Waals surface area contributed by atoms with Gasteiger partial charge in [-0.1, -0.05) is 66.3 Å². The van der Waals surface area contributed by atoms with E-state index in [1.165, 1.54) is 40.3 Å². The monoisotopic (exact) mass is 443 g/mol. The minimum atomic E-state index is -0.223. The molecule has 1 saturated heterocycles. The third-order valence-electron chi connectivity index (χ3n) is 6.54. The zero-order chi connectivity index (χ0) is 23.2. The van der Waals surface area contributed by atoms with E-state index in [1.54, 1.807) is 0 Å². The van der Waals surface area contributed by atoms with Crippen LogP contribution in [0.25, 0.3) is 17.7 Å². The Morgan fingerprint density at radius 2 is 1.48 bits per heavy atom. The molecule has 1 fully saturated rings. The van der Waals surface area contributed by atoms with E-state index in [4.69, 9.17) is 0 Å². The topological polar surface area (TPSA) is 61.4 Å². The molecule has 172 valence electrons. The molecule has 4 rings (SSSR count). The average Bonchev–Trinajstić information content (AvgIpc) is 2.99. The Morgan fingerprint density at radius 3 is 2.03 bits per heavy atom. The van der Waals surface area contributed by atoms with E-state index in [9.17, 15) is 9.59 Å². The highest BCUT2D eigenvalue weighted by Gasteiger charge is 2.29. The summed E-state index contributed by atoms with van der Waals surface area (Å²) in [5, 5.41) is 5.82. The highest BCUT2D eigenvalue weighted by molar-refractivity contribution is 5.95. The van der Waals surface area contributed by atoms with Crippen LogP contribution in [0, 0.1) is 0 Å². The van der Waals surface area contributed by atoms with Crippen molar-refractivity contribution in [3.8, 4) is 0 Å². The lowest BCUT2D eigenvalue weighted by atomic mass is 9.85. The molecule has 1 aliphatic carbocycles. The Labute approximate surface area is 196 Å². The number of hydrogen-bond acceptors (Lipinski definition) is 3. The Balaban J connectivity index is 1.60. The first-order valence-corrected chi connectivity index (χ1v) is 11.9. The van der Waals surface area contributed by atoms with Gasteiger partial charge in [0.15, 0.2) is 0 Å². The maximum Gasteiger partial charge on any atom is 0.237 e. The standard InChI is InChI=1S/C28H33N3O2/c1-3-29-28(33)26(14-17-30-20(2)32)31-18-15-23(16-19-31)27-24-10-6-4-8-21(24)12-13-22-9-5-7-11-25(22)27/h4-13,26H,3,14-19H2,1-2H3,(H,29,33)(H,30,32). The van der Waals surface area contributed by atoms with Gasteiger partial charge in [-0.3, -0.25) is 14.5 Å². The Kier molecular flexibility index (Phi) is 7.40. The van der Waals surface area contributed by atoms with Gasteiger partial charge in [-0.25, -0.2) is 0 Å². The smallest absolute Gasteiger partial charge is 0.237 e. The van der Waals surface area contributed by atoms with Gasteiger partial charge in [0.25, 0.3) is 0 Å². The van der Waals surface area contributed by atoms with E-state index in [2.05, 4.69) is 76.2 Å². The van der Waals surface area contributed by atoms with Crippen LogP contribution in [0.1, 0.15) is 55.4 Å². The molecule has 1 atom stereocenters. The van der Waals surface area contributed by atoms with Crippen molar-refractivity contribution >= 4 is 29.5 Å². The second kappa shape index (κ2) is 10.6. The molecule has 2 amide bonds. The van der Waals surface area contributed by atoms with Crippen molar-refractivity contribution in [1.29, 1.82) is 0 Å². The van der Waals surface area contributed by atoms with Crippen molar-refractivity contribution in [3.05, 3.63) is 76.4 Å². The minimum absolute atomic E-state index is 0.0494. The second-order valence-electron chi connectivity index (χ2n) is 8.70. The number of nitrogens with zero attached hydrogens (tertiary/aromatic N) is 1. The van der Waals surface area contributed by atoms with Gasteiger partial charge >= 0.3 is 0 Å². The SMILES string of the molecule is CCNC(=O)C(CCNC(C)=O)N1CCC(=C2c3ccccc3C=Cc3ccccc32)CC1. The van der Waals surface area contributed by atoms with Gasteiger partial charge in [-0.2, -0.15) is 0 Å².